The van der Waals surface area contributed by atoms with E-state index < -0.39 is 10.0 Å². The number of para-hydroxylation sites is 1. The molecule has 2 rings (SSSR count). The smallest absolute Gasteiger partial charge is 0.243 e. The van der Waals surface area contributed by atoms with Gasteiger partial charge >= 0.3 is 0 Å². The summed E-state index contributed by atoms with van der Waals surface area (Å²) in [5, 5.41) is 2.93. The molecule has 0 aromatic heterocycles. The second-order valence-electron chi connectivity index (χ2n) is 6.09. The molecule has 1 N–H and O–H groups in total. The Hall–Kier alpha value is -1.70. The van der Waals surface area contributed by atoms with Crippen molar-refractivity contribution in [3.8, 4) is 0 Å². The molecular weight excluding hydrogens is 428 g/mol. The number of likely N-dealkylation sites (N-methyl/N-ethyl adjacent to an activating group) is 1. The molecule has 7 heteroatoms. The number of nitrogens with one attached hydrogen (secondary N) is 1. The van der Waals surface area contributed by atoms with Gasteiger partial charge in [0.15, 0.2) is 0 Å². The second kappa shape index (κ2) is 9.48. The zero-order valence-electron chi connectivity index (χ0n) is 15.8. The van der Waals surface area contributed by atoms with Crippen LogP contribution >= 0.6 is 15.9 Å². The van der Waals surface area contributed by atoms with Gasteiger partial charge in [-0.25, -0.2) is 8.42 Å². The highest BCUT2D eigenvalue weighted by atomic mass is 79.9. The van der Waals surface area contributed by atoms with E-state index in [9.17, 15) is 13.2 Å². The van der Waals surface area contributed by atoms with Gasteiger partial charge < -0.3 is 5.32 Å². The minimum Gasteiger partial charge on any atom is -0.324 e. The van der Waals surface area contributed by atoms with Crippen LogP contribution in [-0.2, 0) is 27.7 Å². The highest BCUT2D eigenvalue weighted by Gasteiger charge is 2.25. The standard InChI is InChI=1S/C20H25BrN2O3S/c1-4-15-8-7-9-16(5-2)20(15)22-19(24)14-23(6-3)27(25,26)18-12-10-17(21)11-13-18/h7-13H,4-6,14H2,1-3H3,(H,22,24). The van der Waals surface area contributed by atoms with Crippen molar-refractivity contribution in [2.75, 3.05) is 18.4 Å². The number of carbonyl (C=O) groups excluding carboxylic acids is 1. The summed E-state index contributed by atoms with van der Waals surface area (Å²) in [6.07, 6.45) is 1.58. The minimum atomic E-state index is -3.73. The number of rotatable bonds is 8. The molecule has 0 bridgehead atoms. The summed E-state index contributed by atoms with van der Waals surface area (Å²) in [5.74, 6) is -0.340. The van der Waals surface area contributed by atoms with Crippen molar-refractivity contribution in [1.82, 2.24) is 4.31 Å². The van der Waals surface area contributed by atoms with E-state index in [2.05, 4.69) is 21.2 Å². The summed E-state index contributed by atoms with van der Waals surface area (Å²) in [5.41, 5.74) is 2.88. The number of halogens is 1. The fraction of sp³-hybridized carbons (Fsp3) is 0.350. The zero-order valence-corrected chi connectivity index (χ0v) is 18.2. The number of carbonyl (C=O) groups is 1. The Morgan fingerprint density at radius 2 is 1.56 bits per heavy atom. The van der Waals surface area contributed by atoms with Gasteiger partial charge in [0.1, 0.15) is 0 Å². The lowest BCUT2D eigenvalue weighted by molar-refractivity contribution is -0.116. The lowest BCUT2D eigenvalue weighted by atomic mass is 10.0. The predicted octanol–water partition coefficient (Wildman–Crippen LogP) is 4.22. The Kier molecular flexibility index (Phi) is 7.59. The first kappa shape index (κ1) is 21.6. The molecule has 0 heterocycles. The molecule has 27 heavy (non-hydrogen) atoms. The molecule has 2 aromatic rings. The zero-order chi connectivity index (χ0) is 20.0. The summed E-state index contributed by atoms with van der Waals surface area (Å²) in [6.45, 7) is 5.76. The van der Waals surface area contributed by atoms with E-state index in [1.807, 2.05) is 32.0 Å². The number of nitrogens with zero attached hydrogens (tertiary/aromatic N) is 1. The fourth-order valence-electron chi connectivity index (χ4n) is 2.86. The van der Waals surface area contributed by atoms with Crippen LogP contribution in [-0.4, -0.2) is 31.7 Å². The van der Waals surface area contributed by atoms with Crippen molar-refractivity contribution >= 4 is 37.5 Å². The van der Waals surface area contributed by atoms with Crippen molar-refractivity contribution < 1.29 is 13.2 Å². The molecule has 0 aliphatic rings. The molecule has 2 aromatic carbocycles. The van der Waals surface area contributed by atoms with E-state index in [0.29, 0.717) is 0 Å². The van der Waals surface area contributed by atoms with E-state index in [1.165, 1.54) is 16.4 Å². The van der Waals surface area contributed by atoms with Crippen LogP contribution in [0.2, 0.25) is 0 Å². The highest BCUT2D eigenvalue weighted by Crippen LogP contribution is 2.23. The molecule has 146 valence electrons. The topological polar surface area (TPSA) is 66.5 Å². The first-order chi connectivity index (χ1) is 12.8. The summed E-state index contributed by atoms with van der Waals surface area (Å²) in [7, 11) is -3.73. The van der Waals surface area contributed by atoms with E-state index in [0.717, 1.165) is 34.1 Å². The van der Waals surface area contributed by atoms with Crippen molar-refractivity contribution in [1.29, 1.82) is 0 Å². The van der Waals surface area contributed by atoms with Crippen LogP contribution in [0.15, 0.2) is 51.8 Å². The number of benzene rings is 2. The fourth-order valence-corrected chi connectivity index (χ4v) is 4.53. The molecule has 0 unspecified atom stereocenters. The van der Waals surface area contributed by atoms with Crippen LogP contribution in [0, 0.1) is 0 Å². The van der Waals surface area contributed by atoms with Crippen LogP contribution in [0.25, 0.3) is 0 Å². The highest BCUT2D eigenvalue weighted by molar-refractivity contribution is 9.10. The summed E-state index contributed by atoms with van der Waals surface area (Å²) >= 11 is 3.30. The van der Waals surface area contributed by atoms with Crippen molar-refractivity contribution in [2.24, 2.45) is 0 Å². The van der Waals surface area contributed by atoms with Crippen LogP contribution in [0.4, 0.5) is 5.69 Å². The van der Waals surface area contributed by atoms with Gasteiger partial charge in [-0.3, -0.25) is 4.79 Å². The third kappa shape index (κ3) is 5.18. The number of hydrogen-bond donors (Lipinski definition) is 1. The summed E-state index contributed by atoms with van der Waals surface area (Å²) in [6, 6.07) is 12.3. The quantitative estimate of drug-likeness (QED) is 0.651. The maximum atomic E-state index is 12.8. The van der Waals surface area contributed by atoms with Crippen molar-refractivity contribution in [3.63, 3.8) is 0 Å². The molecule has 0 saturated carbocycles. The first-order valence-corrected chi connectivity index (χ1v) is 11.2. The molecule has 0 spiro atoms. The van der Waals surface area contributed by atoms with Gasteiger partial charge in [-0.05, 0) is 48.2 Å². The number of aryl methyl sites for hydroxylation is 2. The maximum Gasteiger partial charge on any atom is 0.243 e. The molecular formula is C20H25BrN2O3S. The van der Waals surface area contributed by atoms with Crippen molar-refractivity contribution in [3.05, 3.63) is 58.1 Å². The lowest BCUT2D eigenvalue weighted by Gasteiger charge is -2.21. The monoisotopic (exact) mass is 452 g/mol. The lowest BCUT2D eigenvalue weighted by Crippen LogP contribution is -2.38. The van der Waals surface area contributed by atoms with Gasteiger partial charge in [0.2, 0.25) is 15.9 Å². The second-order valence-corrected chi connectivity index (χ2v) is 8.95. The number of amides is 1. The normalized spacial score (nSPS) is 11.6. The van der Waals surface area contributed by atoms with E-state index in [-0.39, 0.29) is 23.9 Å². The molecule has 0 radical (unpaired) electrons. The van der Waals surface area contributed by atoms with Gasteiger partial charge in [0, 0.05) is 16.7 Å². The molecule has 0 fully saturated rings. The first-order valence-electron chi connectivity index (χ1n) is 8.99. The Balaban J connectivity index is 2.22. The van der Waals surface area contributed by atoms with Gasteiger partial charge in [0.05, 0.1) is 11.4 Å². The van der Waals surface area contributed by atoms with Gasteiger partial charge in [-0.2, -0.15) is 4.31 Å². The average molecular weight is 453 g/mol. The Labute approximate surface area is 170 Å². The maximum absolute atomic E-state index is 12.8. The van der Waals surface area contributed by atoms with Crippen LogP contribution < -0.4 is 5.32 Å². The van der Waals surface area contributed by atoms with Gasteiger partial charge in [-0.1, -0.05) is 54.9 Å². The van der Waals surface area contributed by atoms with E-state index in [4.69, 9.17) is 0 Å². The Morgan fingerprint density at radius 1 is 1.00 bits per heavy atom. The number of hydrogen-bond acceptors (Lipinski definition) is 3. The third-order valence-corrected chi connectivity index (χ3v) is 6.85. The predicted molar refractivity (Wildman–Crippen MR) is 112 cm³/mol. The van der Waals surface area contributed by atoms with Crippen molar-refractivity contribution in [2.45, 2.75) is 38.5 Å². The van der Waals surface area contributed by atoms with E-state index >= 15 is 0 Å². The molecule has 1 amide bonds. The SMILES string of the molecule is CCc1cccc(CC)c1NC(=O)CN(CC)S(=O)(=O)c1ccc(Br)cc1. The molecule has 5 nitrogen and oxygen atoms in total. The third-order valence-electron chi connectivity index (χ3n) is 4.39. The van der Waals surface area contributed by atoms with E-state index in [1.54, 1.807) is 19.1 Å². The Bertz CT molecular complexity index is 874. The average Bonchev–Trinajstić information content (AvgIpc) is 2.66. The van der Waals surface area contributed by atoms with Crippen LogP contribution in [0.1, 0.15) is 31.9 Å². The summed E-state index contributed by atoms with van der Waals surface area (Å²) in [4.78, 5) is 12.8. The molecule has 0 atom stereocenters. The van der Waals surface area contributed by atoms with Crippen LogP contribution in [0.5, 0.6) is 0 Å². The largest absolute Gasteiger partial charge is 0.324 e. The molecule has 0 saturated heterocycles. The van der Waals surface area contributed by atoms with Crippen LogP contribution in [0.3, 0.4) is 0 Å². The molecule has 0 aliphatic carbocycles. The Morgan fingerprint density at radius 3 is 2.04 bits per heavy atom. The number of sulfonamides is 1. The number of anilines is 1. The van der Waals surface area contributed by atoms with Gasteiger partial charge in [-0.15, -0.1) is 0 Å². The summed E-state index contributed by atoms with van der Waals surface area (Å²) < 4.78 is 27.7. The van der Waals surface area contributed by atoms with Gasteiger partial charge in [0.25, 0.3) is 0 Å². The molecule has 0 aliphatic heterocycles. The minimum absolute atomic E-state index is 0.170.